The largest absolute Gasteiger partial charge is 0.385 e. The van der Waals surface area contributed by atoms with E-state index in [9.17, 15) is 0 Å². The minimum Gasteiger partial charge on any atom is -0.385 e. The molecule has 0 radical (unpaired) electrons. The minimum absolute atomic E-state index is 0.430. The Morgan fingerprint density at radius 1 is 1.24 bits per heavy atom. The summed E-state index contributed by atoms with van der Waals surface area (Å²) in [6.45, 7) is 10.3. The fraction of sp³-hybridized carbons (Fsp3) is 1.00. The zero-order valence-corrected chi connectivity index (χ0v) is 12.4. The highest BCUT2D eigenvalue weighted by Gasteiger charge is 2.34. The number of hydrogen-bond donors (Lipinski definition) is 1. The van der Waals surface area contributed by atoms with Crippen molar-refractivity contribution in [3.05, 3.63) is 0 Å². The van der Waals surface area contributed by atoms with E-state index in [1.54, 1.807) is 7.11 Å². The highest BCUT2D eigenvalue weighted by Crippen LogP contribution is 2.38. The quantitative estimate of drug-likeness (QED) is 0.794. The molecular formula is C15H31NO. The maximum atomic E-state index is 5.16. The van der Waals surface area contributed by atoms with Crippen LogP contribution in [0, 0.1) is 11.3 Å². The molecule has 0 aromatic heterocycles. The Kier molecular flexibility index (Phi) is 5.94. The molecule has 0 amide bonds. The van der Waals surface area contributed by atoms with Crippen LogP contribution in [-0.4, -0.2) is 25.8 Å². The van der Waals surface area contributed by atoms with E-state index in [0.29, 0.717) is 17.5 Å². The van der Waals surface area contributed by atoms with Gasteiger partial charge in [-0.05, 0) is 37.5 Å². The maximum absolute atomic E-state index is 5.16. The van der Waals surface area contributed by atoms with Crippen LogP contribution < -0.4 is 5.32 Å². The molecule has 102 valence electrons. The van der Waals surface area contributed by atoms with Gasteiger partial charge in [0.25, 0.3) is 0 Å². The van der Waals surface area contributed by atoms with Crippen LogP contribution in [0.1, 0.15) is 59.8 Å². The molecule has 3 atom stereocenters. The van der Waals surface area contributed by atoms with Crippen molar-refractivity contribution in [2.75, 3.05) is 13.7 Å². The van der Waals surface area contributed by atoms with Gasteiger partial charge in [0.2, 0.25) is 0 Å². The van der Waals surface area contributed by atoms with Gasteiger partial charge < -0.3 is 10.1 Å². The lowest BCUT2D eigenvalue weighted by molar-refractivity contribution is 0.117. The molecule has 0 aromatic carbocycles. The Labute approximate surface area is 108 Å². The summed E-state index contributed by atoms with van der Waals surface area (Å²) in [4.78, 5) is 0. The van der Waals surface area contributed by atoms with E-state index in [1.807, 2.05) is 0 Å². The van der Waals surface area contributed by atoms with E-state index in [-0.39, 0.29) is 0 Å². The molecule has 0 bridgehead atoms. The number of ether oxygens (including phenoxy) is 1. The van der Waals surface area contributed by atoms with Gasteiger partial charge in [0.15, 0.2) is 0 Å². The summed E-state index contributed by atoms with van der Waals surface area (Å²) in [5.41, 5.74) is 0.430. The molecule has 2 heteroatoms. The van der Waals surface area contributed by atoms with Crippen LogP contribution in [0.25, 0.3) is 0 Å². The van der Waals surface area contributed by atoms with Crippen molar-refractivity contribution < 1.29 is 4.74 Å². The molecular weight excluding hydrogens is 210 g/mol. The third kappa shape index (κ3) is 4.97. The Morgan fingerprint density at radius 3 is 2.47 bits per heavy atom. The SMILES string of the molecule is COCCC(C)NC1CCCCC1C(C)(C)C. The topological polar surface area (TPSA) is 21.3 Å². The van der Waals surface area contributed by atoms with Gasteiger partial charge in [-0.3, -0.25) is 0 Å². The summed E-state index contributed by atoms with van der Waals surface area (Å²) < 4.78 is 5.16. The third-order valence-electron chi connectivity index (χ3n) is 4.13. The molecule has 3 unspecified atom stereocenters. The molecule has 1 rings (SSSR count). The minimum atomic E-state index is 0.430. The van der Waals surface area contributed by atoms with Crippen LogP contribution in [0.4, 0.5) is 0 Å². The zero-order valence-electron chi connectivity index (χ0n) is 12.4. The molecule has 1 aliphatic rings. The average molecular weight is 241 g/mol. The predicted octanol–water partition coefficient (Wildman–Crippen LogP) is 3.61. The standard InChI is InChI=1S/C15H31NO/c1-12(10-11-17-5)16-14-9-7-6-8-13(14)15(2,3)4/h12-14,16H,6-11H2,1-5H3. The molecule has 17 heavy (non-hydrogen) atoms. The molecule has 0 heterocycles. The molecule has 1 aliphatic carbocycles. The summed E-state index contributed by atoms with van der Waals surface area (Å²) in [5.74, 6) is 0.821. The molecule has 0 spiro atoms. The van der Waals surface area contributed by atoms with Crippen LogP contribution in [0.3, 0.4) is 0 Å². The van der Waals surface area contributed by atoms with Gasteiger partial charge in [-0.1, -0.05) is 33.6 Å². The Hall–Kier alpha value is -0.0800. The summed E-state index contributed by atoms with van der Waals surface area (Å²) in [5, 5.41) is 3.83. The van der Waals surface area contributed by atoms with E-state index in [4.69, 9.17) is 4.74 Å². The summed E-state index contributed by atoms with van der Waals surface area (Å²) in [7, 11) is 1.78. The van der Waals surface area contributed by atoms with E-state index >= 15 is 0 Å². The van der Waals surface area contributed by atoms with Crippen molar-refractivity contribution in [3.63, 3.8) is 0 Å². The van der Waals surface area contributed by atoms with Crippen molar-refractivity contribution in [3.8, 4) is 0 Å². The second-order valence-electron chi connectivity index (χ2n) is 6.71. The first-order chi connectivity index (χ1) is 7.95. The Morgan fingerprint density at radius 2 is 1.88 bits per heavy atom. The van der Waals surface area contributed by atoms with Gasteiger partial charge in [0.1, 0.15) is 0 Å². The Bertz CT molecular complexity index is 209. The monoisotopic (exact) mass is 241 g/mol. The van der Waals surface area contributed by atoms with Crippen molar-refractivity contribution >= 4 is 0 Å². The van der Waals surface area contributed by atoms with Crippen LogP contribution in [0.5, 0.6) is 0 Å². The van der Waals surface area contributed by atoms with Gasteiger partial charge >= 0.3 is 0 Å². The van der Waals surface area contributed by atoms with Gasteiger partial charge in [-0.15, -0.1) is 0 Å². The van der Waals surface area contributed by atoms with Crippen LogP contribution in [0.2, 0.25) is 0 Å². The van der Waals surface area contributed by atoms with Crippen molar-refractivity contribution in [2.45, 2.75) is 71.9 Å². The number of hydrogen-bond acceptors (Lipinski definition) is 2. The number of methoxy groups -OCH3 is 1. The molecule has 0 aromatic rings. The van der Waals surface area contributed by atoms with Gasteiger partial charge in [-0.2, -0.15) is 0 Å². The van der Waals surface area contributed by atoms with E-state index in [2.05, 4.69) is 33.0 Å². The molecule has 0 aliphatic heterocycles. The highest BCUT2D eigenvalue weighted by molar-refractivity contribution is 4.89. The van der Waals surface area contributed by atoms with Crippen molar-refractivity contribution in [1.82, 2.24) is 5.32 Å². The molecule has 1 N–H and O–H groups in total. The molecule has 1 saturated carbocycles. The van der Waals surface area contributed by atoms with E-state index in [0.717, 1.165) is 18.9 Å². The summed E-state index contributed by atoms with van der Waals surface area (Å²) in [6.07, 6.45) is 6.65. The van der Waals surface area contributed by atoms with Crippen LogP contribution in [-0.2, 0) is 4.74 Å². The summed E-state index contributed by atoms with van der Waals surface area (Å²) >= 11 is 0. The lowest BCUT2D eigenvalue weighted by Crippen LogP contribution is -2.47. The number of nitrogens with one attached hydrogen (secondary N) is 1. The highest BCUT2D eigenvalue weighted by atomic mass is 16.5. The lowest BCUT2D eigenvalue weighted by atomic mass is 9.69. The molecule has 1 fully saturated rings. The normalized spacial score (nSPS) is 28.1. The zero-order chi connectivity index (χ0) is 12.9. The summed E-state index contributed by atoms with van der Waals surface area (Å²) in [6, 6.07) is 1.28. The van der Waals surface area contributed by atoms with Crippen molar-refractivity contribution in [2.24, 2.45) is 11.3 Å². The average Bonchev–Trinajstić information content (AvgIpc) is 2.25. The second kappa shape index (κ2) is 6.75. The second-order valence-corrected chi connectivity index (χ2v) is 6.71. The van der Waals surface area contributed by atoms with Gasteiger partial charge in [-0.25, -0.2) is 0 Å². The lowest BCUT2D eigenvalue weighted by Gasteiger charge is -2.42. The Balaban J connectivity index is 2.48. The first-order valence-electron chi connectivity index (χ1n) is 7.20. The first-order valence-corrected chi connectivity index (χ1v) is 7.20. The fourth-order valence-corrected chi connectivity index (χ4v) is 3.11. The molecule has 2 nitrogen and oxygen atoms in total. The third-order valence-corrected chi connectivity index (χ3v) is 4.13. The van der Waals surface area contributed by atoms with Crippen molar-refractivity contribution in [1.29, 1.82) is 0 Å². The molecule has 0 saturated heterocycles. The number of rotatable bonds is 5. The predicted molar refractivity (Wildman–Crippen MR) is 74.3 cm³/mol. The van der Waals surface area contributed by atoms with Crippen LogP contribution >= 0.6 is 0 Å². The fourth-order valence-electron chi connectivity index (χ4n) is 3.11. The maximum Gasteiger partial charge on any atom is 0.0476 e. The van der Waals surface area contributed by atoms with E-state index in [1.165, 1.54) is 25.7 Å². The smallest absolute Gasteiger partial charge is 0.0476 e. The van der Waals surface area contributed by atoms with Gasteiger partial charge in [0, 0.05) is 25.8 Å². The van der Waals surface area contributed by atoms with Gasteiger partial charge in [0.05, 0.1) is 0 Å². The first kappa shape index (κ1) is 15.0. The van der Waals surface area contributed by atoms with Crippen LogP contribution in [0.15, 0.2) is 0 Å². The van der Waals surface area contributed by atoms with E-state index < -0.39 is 0 Å².